The van der Waals surface area contributed by atoms with Crippen molar-refractivity contribution in [2.24, 2.45) is 7.05 Å². The van der Waals surface area contributed by atoms with E-state index in [1.165, 1.54) is 16.9 Å². The first-order valence-electron chi connectivity index (χ1n) is 12.1. The lowest BCUT2D eigenvalue weighted by Gasteiger charge is -2.23. The third-order valence-electron chi connectivity index (χ3n) is 7.35. The molecule has 0 saturated heterocycles. The van der Waals surface area contributed by atoms with Crippen molar-refractivity contribution < 1.29 is 0 Å². The summed E-state index contributed by atoms with van der Waals surface area (Å²) in [5.41, 5.74) is 7.66. The Morgan fingerprint density at radius 2 is 1.50 bits per heavy atom. The molecule has 3 aliphatic rings. The fraction of sp³-hybridized carbons (Fsp3) is 0.161. The molecule has 0 spiro atoms. The minimum atomic E-state index is -0.0864. The summed E-state index contributed by atoms with van der Waals surface area (Å²) in [6.07, 6.45) is 6.46. The van der Waals surface area contributed by atoms with Gasteiger partial charge in [0.15, 0.2) is 0 Å². The lowest BCUT2D eigenvalue weighted by atomic mass is 9.84. The van der Waals surface area contributed by atoms with E-state index in [9.17, 15) is 4.79 Å². The van der Waals surface area contributed by atoms with Gasteiger partial charge in [-0.2, -0.15) is 0 Å². The van der Waals surface area contributed by atoms with Gasteiger partial charge in [0.05, 0.1) is 11.0 Å². The Labute approximate surface area is 215 Å². The van der Waals surface area contributed by atoms with Crippen LogP contribution in [0.3, 0.4) is 0 Å². The fourth-order valence-electron chi connectivity index (χ4n) is 5.46. The average molecular weight is 491 g/mol. The van der Waals surface area contributed by atoms with E-state index in [4.69, 9.17) is 0 Å². The molecule has 4 nitrogen and oxygen atoms in total. The molecule has 5 heteroatoms. The highest BCUT2D eigenvalue weighted by atomic mass is 32.1. The molecule has 0 saturated carbocycles. The number of allylic oxidation sites excluding steroid dienone is 3. The van der Waals surface area contributed by atoms with Gasteiger partial charge in [-0.05, 0) is 48.0 Å². The molecule has 0 unspecified atom stereocenters. The average Bonchev–Trinajstić information content (AvgIpc) is 3.34. The molecule has 36 heavy (non-hydrogen) atoms. The molecule has 0 fully saturated rings. The first kappa shape index (κ1) is 22.5. The number of likely N-dealkylation sites (N-methyl/N-ethyl adjacent to an activating group) is 1. The van der Waals surface area contributed by atoms with Crippen LogP contribution in [0.5, 0.6) is 0 Å². The van der Waals surface area contributed by atoms with Crippen LogP contribution in [0.1, 0.15) is 25.1 Å². The first-order chi connectivity index (χ1) is 17.4. The molecule has 6 rings (SSSR count). The van der Waals surface area contributed by atoms with Gasteiger partial charge in [-0.1, -0.05) is 68.5 Å². The number of hydrogen-bond donors (Lipinski definition) is 0. The van der Waals surface area contributed by atoms with Crippen LogP contribution >= 0.6 is 11.3 Å². The number of rotatable bonds is 3. The summed E-state index contributed by atoms with van der Waals surface area (Å²) in [5.74, 6) is 0. The minimum Gasteiger partial charge on any atom is -0.347 e. The van der Waals surface area contributed by atoms with Gasteiger partial charge in [-0.15, -0.1) is 0 Å². The van der Waals surface area contributed by atoms with Crippen LogP contribution in [-0.2, 0) is 12.5 Å². The molecule has 0 atom stereocenters. The maximum atomic E-state index is 13.7. The van der Waals surface area contributed by atoms with Gasteiger partial charge in [0.2, 0.25) is 0 Å². The number of para-hydroxylation sites is 3. The van der Waals surface area contributed by atoms with Crippen molar-refractivity contribution >= 4 is 34.1 Å². The largest absolute Gasteiger partial charge is 0.347 e. The van der Waals surface area contributed by atoms with E-state index in [1.54, 1.807) is 11.3 Å². The van der Waals surface area contributed by atoms with Crippen LogP contribution in [-0.4, -0.2) is 16.2 Å². The number of benzene rings is 3. The molecule has 3 heterocycles. The summed E-state index contributed by atoms with van der Waals surface area (Å²) in [5, 5.41) is 0.942. The predicted octanol–water partition coefficient (Wildman–Crippen LogP) is 7.10. The normalized spacial score (nSPS) is 16.0. The Morgan fingerprint density at radius 1 is 0.833 bits per heavy atom. The Balaban J connectivity index is 1.53. The molecule has 0 aromatic heterocycles. The number of thiazole rings is 1. The molecule has 0 aliphatic carbocycles. The van der Waals surface area contributed by atoms with Crippen LogP contribution in [0.2, 0.25) is 0 Å². The Morgan fingerprint density at radius 3 is 2.25 bits per heavy atom. The Kier molecular flexibility index (Phi) is 5.20. The van der Waals surface area contributed by atoms with Crippen LogP contribution in [0.25, 0.3) is 32.6 Å². The van der Waals surface area contributed by atoms with Gasteiger partial charge >= 0.3 is 15.4 Å². The highest BCUT2D eigenvalue weighted by Gasteiger charge is 2.38. The maximum absolute atomic E-state index is 13.7. The van der Waals surface area contributed by atoms with E-state index in [0.29, 0.717) is 0 Å². The van der Waals surface area contributed by atoms with Gasteiger partial charge in [-0.25, -0.2) is 4.57 Å². The lowest BCUT2D eigenvalue weighted by Crippen LogP contribution is -2.22. The summed E-state index contributed by atoms with van der Waals surface area (Å²) >= 11 is 1.55. The second-order valence-electron chi connectivity index (χ2n) is 9.79. The smallest absolute Gasteiger partial charge is 0.336 e. The van der Waals surface area contributed by atoms with E-state index in [1.807, 2.05) is 53.1 Å². The van der Waals surface area contributed by atoms with E-state index in [2.05, 4.69) is 86.0 Å². The molecular weight excluding hydrogens is 462 g/mol. The molecule has 178 valence electrons. The number of nitrogens with zero attached hydrogens (tertiary/aromatic N) is 3. The Bertz CT molecular complexity index is 1710. The summed E-state index contributed by atoms with van der Waals surface area (Å²) in [6, 6.07) is 26.6. The van der Waals surface area contributed by atoms with Gasteiger partial charge in [0.25, 0.3) is 11.3 Å². The van der Waals surface area contributed by atoms with Gasteiger partial charge < -0.3 is 9.47 Å². The van der Waals surface area contributed by atoms with Crippen molar-refractivity contribution in [2.75, 3.05) is 11.9 Å². The van der Waals surface area contributed by atoms with Gasteiger partial charge in [0, 0.05) is 36.5 Å². The van der Waals surface area contributed by atoms with E-state index in [0.717, 1.165) is 32.2 Å². The van der Waals surface area contributed by atoms with E-state index in [-0.39, 0.29) is 11.0 Å². The SMILES string of the molecule is CN1C(=CC=Cc2c3[s+]c(-c4ccccc4)c(=O)n-3c3ccccc3n2C)C(C)(C)c2ccccc21. The molecule has 0 N–H and O–H groups in total. The zero-order valence-corrected chi connectivity index (χ0v) is 21.7. The van der Waals surface area contributed by atoms with Crippen molar-refractivity contribution in [3.8, 4) is 15.4 Å². The zero-order chi connectivity index (χ0) is 25.0. The maximum Gasteiger partial charge on any atom is 0.336 e. The third-order valence-corrected chi connectivity index (χ3v) is 8.55. The van der Waals surface area contributed by atoms with Crippen molar-refractivity contribution in [1.82, 2.24) is 9.13 Å². The number of hydrogen-bond acceptors (Lipinski definition) is 2. The molecular formula is C31H28N3OS+. The molecule has 3 aromatic rings. The zero-order valence-electron chi connectivity index (χ0n) is 20.9. The fourth-order valence-corrected chi connectivity index (χ4v) is 6.67. The first-order valence-corrected chi connectivity index (χ1v) is 12.9. The summed E-state index contributed by atoms with van der Waals surface area (Å²) < 4.78 is 4.05. The summed E-state index contributed by atoms with van der Waals surface area (Å²) in [4.78, 5) is 16.7. The second-order valence-corrected chi connectivity index (χ2v) is 10.8. The molecule has 0 bridgehead atoms. The van der Waals surface area contributed by atoms with Crippen LogP contribution in [0.4, 0.5) is 5.69 Å². The van der Waals surface area contributed by atoms with Crippen molar-refractivity contribution in [2.45, 2.75) is 19.3 Å². The third kappa shape index (κ3) is 3.27. The van der Waals surface area contributed by atoms with E-state index >= 15 is 0 Å². The monoisotopic (exact) mass is 490 g/mol. The highest BCUT2D eigenvalue weighted by Crippen LogP contribution is 2.46. The molecule has 0 radical (unpaired) electrons. The Hall–Kier alpha value is -3.96. The topological polar surface area (TPSA) is 30.2 Å². The van der Waals surface area contributed by atoms with E-state index < -0.39 is 0 Å². The minimum absolute atomic E-state index is 0.0260. The lowest BCUT2D eigenvalue weighted by molar-refractivity contribution is 0.640. The van der Waals surface area contributed by atoms with Crippen molar-refractivity contribution in [1.29, 1.82) is 0 Å². The quantitative estimate of drug-likeness (QED) is 0.253. The summed E-state index contributed by atoms with van der Waals surface area (Å²) in [6.45, 7) is 4.54. The summed E-state index contributed by atoms with van der Waals surface area (Å²) in [7, 11) is 4.20. The van der Waals surface area contributed by atoms with Crippen molar-refractivity contribution in [3.05, 3.63) is 118 Å². The molecule has 3 aliphatic heterocycles. The van der Waals surface area contributed by atoms with Crippen LogP contribution in [0, 0.1) is 0 Å². The number of anilines is 1. The van der Waals surface area contributed by atoms with Crippen LogP contribution < -0.4 is 10.5 Å². The molecule has 3 aromatic carbocycles. The second kappa shape index (κ2) is 8.32. The van der Waals surface area contributed by atoms with Gasteiger partial charge in [0.1, 0.15) is 5.69 Å². The number of fused-ring (bicyclic) bond motifs is 4. The predicted molar refractivity (Wildman–Crippen MR) is 152 cm³/mol. The van der Waals surface area contributed by atoms with Crippen LogP contribution in [0.15, 0.2) is 102 Å². The van der Waals surface area contributed by atoms with Gasteiger partial charge in [-0.3, -0.25) is 4.79 Å². The van der Waals surface area contributed by atoms with Crippen molar-refractivity contribution in [3.63, 3.8) is 0 Å². The highest BCUT2D eigenvalue weighted by molar-refractivity contribution is 7.18. The number of aromatic nitrogens is 2. The standard InChI is InChI=1S/C31H28N3OS/c1-31(2)22-15-8-9-16-23(22)33(4)27(31)20-12-19-26-30-34(25-18-11-10-17-24(25)32(26)3)29(35)28(36-30)21-13-6-5-7-14-21/h5-20H,1-4H3/q+1. The number of aryl methyl sites for hydroxylation is 1. The molecule has 0 amide bonds.